The van der Waals surface area contributed by atoms with Crippen LogP contribution in [0.3, 0.4) is 0 Å². The molecule has 1 aromatic carbocycles. The maximum Gasteiger partial charge on any atom is 0.339 e. The van der Waals surface area contributed by atoms with Gasteiger partial charge in [0.1, 0.15) is 22.7 Å². The van der Waals surface area contributed by atoms with Crippen molar-refractivity contribution in [1.82, 2.24) is 5.32 Å². The molecule has 162 valence electrons. The van der Waals surface area contributed by atoms with Gasteiger partial charge in [0, 0.05) is 23.2 Å². The summed E-state index contributed by atoms with van der Waals surface area (Å²) in [5.41, 5.74) is 2.48. The lowest BCUT2D eigenvalue weighted by Crippen LogP contribution is -2.38. The van der Waals surface area contributed by atoms with Gasteiger partial charge < -0.3 is 24.3 Å². The largest absolute Gasteiger partial charge is 0.487 e. The number of aliphatic hydroxyl groups excluding tert-OH is 1. The van der Waals surface area contributed by atoms with E-state index in [0.29, 0.717) is 29.1 Å². The van der Waals surface area contributed by atoms with Crippen LogP contribution in [-0.2, 0) is 24.1 Å². The fraction of sp³-hybridized carbons (Fsp3) is 0.565. The average molecular weight is 415 g/mol. The molecule has 0 saturated heterocycles. The van der Waals surface area contributed by atoms with Crippen LogP contribution in [0.2, 0.25) is 0 Å². The summed E-state index contributed by atoms with van der Waals surface area (Å²) in [6.45, 7) is 5.42. The molecular formula is C23H29NO6. The SMILES string of the molecule is CC(CO)NC(=O)COc1cc2c(c3oc(=O)c4c(c13)CCCC4)CCC(C)(C)O2. The normalized spacial score (nSPS) is 18.1. The molecule has 1 amide bonds. The lowest BCUT2D eigenvalue weighted by atomic mass is 9.87. The van der Waals surface area contributed by atoms with E-state index < -0.39 is 0 Å². The molecule has 0 fully saturated rings. The van der Waals surface area contributed by atoms with E-state index >= 15 is 0 Å². The van der Waals surface area contributed by atoms with E-state index in [0.717, 1.165) is 48.6 Å². The molecule has 2 heterocycles. The minimum atomic E-state index is -0.351. The smallest absolute Gasteiger partial charge is 0.339 e. The van der Waals surface area contributed by atoms with Crippen LogP contribution in [0.1, 0.15) is 56.7 Å². The van der Waals surface area contributed by atoms with Gasteiger partial charge in [-0.3, -0.25) is 4.79 Å². The zero-order valence-corrected chi connectivity index (χ0v) is 17.8. The highest BCUT2D eigenvalue weighted by Gasteiger charge is 2.32. The maximum absolute atomic E-state index is 12.7. The summed E-state index contributed by atoms with van der Waals surface area (Å²) in [7, 11) is 0. The monoisotopic (exact) mass is 415 g/mol. The third kappa shape index (κ3) is 3.90. The van der Waals surface area contributed by atoms with E-state index in [9.17, 15) is 9.59 Å². The molecule has 1 unspecified atom stereocenters. The molecule has 7 nitrogen and oxygen atoms in total. The first kappa shape index (κ1) is 20.7. The number of aryl methyl sites for hydroxylation is 2. The minimum absolute atomic E-state index is 0.144. The maximum atomic E-state index is 12.7. The number of carbonyl (C=O) groups is 1. The summed E-state index contributed by atoms with van der Waals surface area (Å²) in [5, 5.41) is 12.6. The molecule has 7 heteroatoms. The van der Waals surface area contributed by atoms with Crippen LogP contribution in [0.15, 0.2) is 15.3 Å². The van der Waals surface area contributed by atoms with E-state index in [1.165, 1.54) is 0 Å². The number of ether oxygens (including phenoxy) is 2. The van der Waals surface area contributed by atoms with Crippen molar-refractivity contribution in [3.63, 3.8) is 0 Å². The zero-order chi connectivity index (χ0) is 21.5. The second-order valence-corrected chi connectivity index (χ2v) is 8.91. The van der Waals surface area contributed by atoms with Crippen molar-refractivity contribution >= 4 is 16.9 Å². The van der Waals surface area contributed by atoms with Crippen molar-refractivity contribution in [3.8, 4) is 11.5 Å². The summed E-state index contributed by atoms with van der Waals surface area (Å²) >= 11 is 0. The lowest BCUT2D eigenvalue weighted by molar-refractivity contribution is -0.123. The number of hydrogen-bond donors (Lipinski definition) is 2. The van der Waals surface area contributed by atoms with E-state index in [-0.39, 0.29) is 36.4 Å². The fourth-order valence-electron chi connectivity index (χ4n) is 4.33. The topological polar surface area (TPSA) is 98.0 Å². The predicted molar refractivity (Wildman–Crippen MR) is 112 cm³/mol. The Labute approximate surface area is 175 Å². The highest BCUT2D eigenvalue weighted by molar-refractivity contribution is 5.92. The molecule has 0 radical (unpaired) electrons. The van der Waals surface area contributed by atoms with Crippen molar-refractivity contribution in [3.05, 3.63) is 33.2 Å². The first-order valence-electron chi connectivity index (χ1n) is 10.7. The molecule has 4 rings (SSSR count). The highest BCUT2D eigenvalue weighted by atomic mass is 16.5. The second-order valence-electron chi connectivity index (χ2n) is 8.91. The molecule has 30 heavy (non-hydrogen) atoms. The van der Waals surface area contributed by atoms with Crippen LogP contribution in [0, 0.1) is 0 Å². The number of rotatable bonds is 5. The third-order valence-corrected chi connectivity index (χ3v) is 5.92. The summed E-state index contributed by atoms with van der Waals surface area (Å²) in [4.78, 5) is 24.9. The van der Waals surface area contributed by atoms with Crippen molar-refractivity contribution in [1.29, 1.82) is 0 Å². The number of nitrogens with one attached hydrogen (secondary N) is 1. The summed E-state index contributed by atoms with van der Waals surface area (Å²) < 4.78 is 17.9. The van der Waals surface area contributed by atoms with Gasteiger partial charge in [-0.1, -0.05) is 0 Å². The first-order valence-corrected chi connectivity index (χ1v) is 10.7. The molecule has 1 atom stereocenters. The van der Waals surface area contributed by atoms with Gasteiger partial charge in [0.05, 0.1) is 12.0 Å². The molecule has 1 aromatic heterocycles. The average Bonchev–Trinajstić information content (AvgIpc) is 2.71. The molecule has 1 aliphatic carbocycles. The molecule has 2 N–H and O–H groups in total. The Morgan fingerprint density at radius 3 is 2.70 bits per heavy atom. The van der Waals surface area contributed by atoms with Gasteiger partial charge in [0.25, 0.3) is 5.91 Å². The van der Waals surface area contributed by atoms with Gasteiger partial charge in [0.15, 0.2) is 6.61 Å². The van der Waals surface area contributed by atoms with E-state index in [1.807, 2.05) is 19.9 Å². The Bertz CT molecular complexity index is 1040. The standard InChI is InChI=1S/C23H29NO6/c1-13(11-25)24-19(26)12-28-18-10-17-16(8-9-23(2,3)30-17)21-20(18)14-6-4-5-7-15(14)22(27)29-21/h10,13,25H,4-9,11-12H2,1-3H3,(H,24,26). The van der Waals surface area contributed by atoms with Gasteiger partial charge in [-0.25, -0.2) is 4.79 Å². The van der Waals surface area contributed by atoms with Crippen LogP contribution >= 0.6 is 0 Å². The summed E-state index contributed by atoms with van der Waals surface area (Å²) in [6.07, 6.45) is 5.00. The van der Waals surface area contributed by atoms with E-state index in [1.54, 1.807) is 6.92 Å². The number of aliphatic hydroxyl groups is 1. The van der Waals surface area contributed by atoms with E-state index in [4.69, 9.17) is 19.0 Å². The lowest BCUT2D eigenvalue weighted by Gasteiger charge is -2.33. The predicted octanol–water partition coefficient (Wildman–Crippen LogP) is 2.65. The molecule has 1 aliphatic heterocycles. The fourth-order valence-corrected chi connectivity index (χ4v) is 4.33. The van der Waals surface area contributed by atoms with Crippen LogP contribution in [0.5, 0.6) is 11.5 Å². The number of carbonyl (C=O) groups excluding carboxylic acids is 1. The highest BCUT2D eigenvalue weighted by Crippen LogP contribution is 2.44. The van der Waals surface area contributed by atoms with Gasteiger partial charge in [0.2, 0.25) is 0 Å². The van der Waals surface area contributed by atoms with Gasteiger partial charge in [-0.15, -0.1) is 0 Å². The van der Waals surface area contributed by atoms with Crippen molar-refractivity contribution in [2.75, 3.05) is 13.2 Å². The first-order chi connectivity index (χ1) is 14.3. The molecule has 2 aromatic rings. The van der Waals surface area contributed by atoms with Crippen molar-refractivity contribution in [2.45, 2.75) is 70.9 Å². The molecule has 0 saturated carbocycles. The van der Waals surface area contributed by atoms with Gasteiger partial charge >= 0.3 is 5.63 Å². The minimum Gasteiger partial charge on any atom is -0.487 e. The van der Waals surface area contributed by atoms with Crippen LogP contribution in [0.25, 0.3) is 11.0 Å². The van der Waals surface area contributed by atoms with Crippen molar-refractivity contribution in [2.24, 2.45) is 0 Å². The second kappa shape index (κ2) is 7.95. The number of amides is 1. The Morgan fingerprint density at radius 2 is 1.97 bits per heavy atom. The molecule has 2 aliphatic rings. The van der Waals surface area contributed by atoms with Crippen molar-refractivity contribution < 1.29 is 23.8 Å². The van der Waals surface area contributed by atoms with Crippen LogP contribution < -0.4 is 20.4 Å². The summed E-state index contributed by atoms with van der Waals surface area (Å²) in [5.74, 6) is 0.807. The molecular weight excluding hydrogens is 386 g/mol. The summed E-state index contributed by atoms with van der Waals surface area (Å²) in [6, 6.07) is 1.48. The number of hydrogen-bond acceptors (Lipinski definition) is 6. The zero-order valence-electron chi connectivity index (χ0n) is 17.8. The van der Waals surface area contributed by atoms with Crippen LogP contribution in [0.4, 0.5) is 0 Å². The Morgan fingerprint density at radius 1 is 1.23 bits per heavy atom. The molecule has 0 bridgehead atoms. The third-order valence-electron chi connectivity index (χ3n) is 5.92. The van der Waals surface area contributed by atoms with Gasteiger partial charge in [-0.05, 0) is 64.9 Å². The van der Waals surface area contributed by atoms with E-state index in [2.05, 4.69) is 5.32 Å². The Hall–Kier alpha value is -2.54. The Balaban J connectivity index is 1.81. The van der Waals surface area contributed by atoms with Gasteiger partial charge in [-0.2, -0.15) is 0 Å². The Kier molecular flexibility index (Phi) is 5.49. The molecule has 0 spiro atoms. The quantitative estimate of drug-likeness (QED) is 0.729. The van der Waals surface area contributed by atoms with Crippen LogP contribution in [-0.4, -0.2) is 35.9 Å². The number of fused-ring (bicyclic) bond motifs is 5. The number of benzene rings is 1.